The third-order valence-corrected chi connectivity index (χ3v) is 5.85. The Hall–Kier alpha value is -3.00. The van der Waals surface area contributed by atoms with E-state index in [1.807, 2.05) is 11.8 Å². The van der Waals surface area contributed by atoms with Crippen LogP contribution in [0, 0.1) is 18.7 Å². The van der Waals surface area contributed by atoms with E-state index in [4.69, 9.17) is 0 Å². The van der Waals surface area contributed by atoms with Crippen molar-refractivity contribution in [3.05, 3.63) is 41.3 Å². The molecule has 3 aromatic rings. The number of carbonyl (C=O) groups is 1. The van der Waals surface area contributed by atoms with Gasteiger partial charge < -0.3 is 15.3 Å². The minimum atomic E-state index is -0.595. The Labute approximate surface area is 166 Å². The Morgan fingerprint density at radius 3 is 2.90 bits per heavy atom. The van der Waals surface area contributed by atoms with E-state index >= 15 is 0 Å². The SMILES string of the molecule is Cc1n[nH]c2nc(-c3ccc(O)cc3F)cc(C(=O)N3CCNC(C4CC4)C3)c12. The zero-order valence-corrected chi connectivity index (χ0v) is 16.1. The Balaban J connectivity index is 1.58. The third-order valence-electron chi connectivity index (χ3n) is 5.85. The molecule has 1 unspecified atom stereocenters. The number of nitrogens with zero attached hydrogens (tertiary/aromatic N) is 3. The topological polar surface area (TPSA) is 94.1 Å². The van der Waals surface area contributed by atoms with Crippen molar-refractivity contribution < 1.29 is 14.3 Å². The second-order valence-corrected chi connectivity index (χ2v) is 7.90. The number of phenolic OH excluding ortho intramolecular Hbond substituents is 1. The Bertz CT molecular complexity index is 1110. The highest BCUT2D eigenvalue weighted by Crippen LogP contribution is 2.34. The molecule has 1 aliphatic carbocycles. The van der Waals surface area contributed by atoms with Crippen LogP contribution in [0.1, 0.15) is 28.9 Å². The van der Waals surface area contributed by atoms with Gasteiger partial charge >= 0.3 is 0 Å². The molecule has 0 radical (unpaired) electrons. The number of aromatic nitrogens is 3. The Morgan fingerprint density at radius 2 is 2.14 bits per heavy atom. The van der Waals surface area contributed by atoms with Crippen molar-refractivity contribution in [1.29, 1.82) is 0 Å². The zero-order chi connectivity index (χ0) is 20.1. The van der Waals surface area contributed by atoms with Gasteiger partial charge in [0.25, 0.3) is 5.91 Å². The molecule has 2 aliphatic rings. The highest BCUT2D eigenvalue weighted by atomic mass is 19.1. The number of rotatable bonds is 3. The molecule has 1 aromatic carbocycles. The highest BCUT2D eigenvalue weighted by Gasteiger charge is 2.36. The van der Waals surface area contributed by atoms with Crippen LogP contribution in [0.25, 0.3) is 22.3 Å². The minimum absolute atomic E-state index is 0.0884. The number of hydrogen-bond acceptors (Lipinski definition) is 5. The normalized spacial score (nSPS) is 19.7. The predicted octanol–water partition coefficient (Wildman–Crippen LogP) is 2.60. The van der Waals surface area contributed by atoms with Gasteiger partial charge in [-0.05, 0) is 43.9 Å². The number of carbonyl (C=O) groups excluding carboxylic acids is 1. The van der Waals surface area contributed by atoms with Gasteiger partial charge in [0.05, 0.1) is 22.3 Å². The third kappa shape index (κ3) is 3.23. The summed E-state index contributed by atoms with van der Waals surface area (Å²) in [4.78, 5) is 19.8. The van der Waals surface area contributed by atoms with Gasteiger partial charge in [-0.25, -0.2) is 9.37 Å². The molecular weight excluding hydrogens is 373 g/mol. The zero-order valence-electron chi connectivity index (χ0n) is 16.1. The first kappa shape index (κ1) is 18.1. The van der Waals surface area contributed by atoms with Gasteiger partial charge in [-0.15, -0.1) is 0 Å². The summed E-state index contributed by atoms with van der Waals surface area (Å²) in [7, 11) is 0. The number of nitrogens with one attached hydrogen (secondary N) is 2. The first-order valence-corrected chi connectivity index (χ1v) is 9.88. The molecule has 29 heavy (non-hydrogen) atoms. The van der Waals surface area contributed by atoms with E-state index in [1.54, 1.807) is 6.07 Å². The lowest BCUT2D eigenvalue weighted by Gasteiger charge is -2.34. The van der Waals surface area contributed by atoms with Gasteiger partial charge in [-0.2, -0.15) is 5.10 Å². The van der Waals surface area contributed by atoms with Crippen molar-refractivity contribution in [1.82, 2.24) is 25.4 Å². The van der Waals surface area contributed by atoms with Crippen LogP contribution in [0.15, 0.2) is 24.3 Å². The lowest BCUT2D eigenvalue weighted by atomic mass is 10.0. The Morgan fingerprint density at radius 1 is 1.31 bits per heavy atom. The molecule has 1 atom stereocenters. The van der Waals surface area contributed by atoms with Crippen LogP contribution >= 0.6 is 0 Å². The van der Waals surface area contributed by atoms with E-state index in [9.17, 15) is 14.3 Å². The number of pyridine rings is 1. The number of fused-ring (bicyclic) bond motifs is 1. The molecule has 1 aliphatic heterocycles. The number of halogens is 1. The van der Waals surface area contributed by atoms with Crippen LogP contribution in [0.5, 0.6) is 5.75 Å². The quantitative estimate of drug-likeness (QED) is 0.634. The predicted molar refractivity (Wildman–Crippen MR) is 106 cm³/mol. The van der Waals surface area contributed by atoms with Crippen molar-refractivity contribution >= 4 is 16.9 Å². The molecule has 8 heteroatoms. The van der Waals surface area contributed by atoms with Crippen LogP contribution in [-0.4, -0.2) is 56.8 Å². The van der Waals surface area contributed by atoms with Gasteiger partial charge in [0.15, 0.2) is 5.65 Å². The molecule has 3 N–H and O–H groups in total. The number of piperazine rings is 1. The first-order chi connectivity index (χ1) is 14.0. The van der Waals surface area contributed by atoms with Crippen LogP contribution < -0.4 is 5.32 Å². The average molecular weight is 395 g/mol. The second kappa shape index (κ2) is 6.81. The van der Waals surface area contributed by atoms with E-state index < -0.39 is 5.82 Å². The van der Waals surface area contributed by atoms with Crippen LogP contribution in [-0.2, 0) is 0 Å². The fourth-order valence-corrected chi connectivity index (χ4v) is 4.15. The monoisotopic (exact) mass is 395 g/mol. The molecule has 1 saturated carbocycles. The van der Waals surface area contributed by atoms with Crippen LogP contribution in [0.3, 0.4) is 0 Å². The lowest BCUT2D eigenvalue weighted by molar-refractivity contribution is 0.0696. The van der Waals surface area contributed by atoms with E-state index in [1.165, 1.54) is 25.0 Å². The number of aryl methyl sites for hydroxylation is 1. The van der Waals surface area contributed by atoms with Crippen molar-refractivity contribution in [3.8, 4) is 17.0 Å². The van der Waals surface area contributed by atoms with Crippen molar-refractivity contribution in [2.75, 3.05) is 19.6 Å². The summed E-state index contributed by atoms with van der Waals surface area (Å²) in [5.41, 5.74) is 2.16. The van der Waals surface area contributed by atoms with Crippen LogP contribution in [0.2, 0.25) is 0 Å². The fraction of sp³-hybridized carbons (Fsp3) is 0.381. The smallest absolute Gasteiger partial charge is 0.254 e. The largest absolute Gasteiger partial charge is 0.508 e. The van der Waals surface area contributed by atoms with E-state index in [-0.39, 0.29) is 17.2 Å². The maximum absolute atomic E-state index is 14.4. The molecule has 3 heterocycles. The number of H-pyrrole nitrogens is 1. The van der Waals surface area contributed by atoms with Gasteiger partial charge in [0.2, 0.25) is 0 Å². The lowest BCUT2D eigenvalue weighted by Crippen LogP contribution is -2.53. The number of phenols is 1. The summed E-state index contributed by atoms with van der Waals surface area (Å²) < 4.78 is 14.4. The minimum Gasteiger partial charge on any atom is -0.508 e. The second-order valence-electron chi connectivity index (χ2n) is 7.90. The van der Waals surface area contributed by atoms with Gasteiger partial charge in [0, 0.05) is 37.3 Å². The van der Waals surface area contributed by atoms with Crippen molar-refractivity contribution in [3.63, 3.8) is 0 Å². The highest BCUT2D eigenvalue weighted by molar-refractivity contribution is 6.07. The summed E-state index contributed by atoms with van der Waals surface area (Å²) in [6.45, 7) is 3.90. The molecule has 2 aromatic heterocycles. The molecule has 0 spiro atoms. The number of aromatic hydroxyl groups is 1. The van der Waals surface area contributed by atoms with Gasteiger partial charge in [0.1, 0.15) is 11.6 Å². The fourth-order valence-electron chi connectivity index (χ4n) is 4.15. The molecule has 0 bridgehead atoms. The number of amides is 1. The Kier molecular flexibility index (Phi) is 4.24. The summed E-state index contributed by atoms with van der Waals surface area (Å²) >= 11 is 0. The van der Waals surface area contributed by atoms with Crippen LogP contribution in [0.4, 0.5) is 4.39 Å². The number of benzene rings is 1. The average Bonchev–Trinajstić information content (AvgIpc) is 3.50. The molecule has 5 rings (SSSR count). The van der Waals surface area contributed by atoms with Gasteiger partial charge in [-0.3, -0.25) is 9.89 Å². The van der Waals surface area contributed by atoms with Crippen molar-refractivity contribution in [2.24, 2.45) is 5.92 Å². The van der Waals surface area contributed by atoms with Crippen molar-refractivity contribution in [2.45, 2.75) is 25.8 Å². The molecule has 1 saturated heterocycles. The summed E-state index contributed by atoms with van der Waals surface area (Å²) in [5.74, 6) is -0.190. The molecule has 150 valence electrons. The molecule has 7 nitrogen and oxygen atoms in total. The standard InChI is InChI=1S/C21H22FN5O2/c1-11-19-15(21(29)27-7-6-23-18(10-27)12-2-3-12)9-17(24-20(19)26-25-11)14-5-4-13(28)8-16(14)22/h4-5,8-9,12,18,23,28H,2-3,6-7,10H2,1H3,(H,24,25,26). The van der Waals surface area contributed by atoms with E-state index in [0.717, 1.165) is 12.6 Å². The van der Waals surface area contributed by atoms with Gasteiger partial charge in [-0.1, -0.05) is 0 Å². The molecule has 2 fully saturated rings. The molecule has 1 amide bonds. The molecular formula is C21H22FN5O2. The number of hydrogen-bond donors (Lipinski definition) is 3. The maximum Gasteiger partial charge on any atom is 0.254 e. The maximum atomic E-state index is 14.4. The first-order valence-electron chi connectivity index (χ1n) is 9.88. The van der Waals surface area contributed by atoms with E-state index in [0.29, 0.717) is 53.0 Å². The van der Waals surface area contributed by atoms with E-state index in [2.05, 4.69) is 20.5 Å². The summed E-state index contributed by atoms with van der Waals surface area (Å²) in [6.07, 6.45) is 2.43. The summed E-state index contributed by atoms with van der Waals surface area (Å²) in [5, 5.41) is 20.7. The number of aromatic amines is 1. The summed E-state index contributed by atoms with van der Waals surface area (Å²) in [6, 6.07) is 5.88.